The second-order valence-corrected chi connectivity index (χ2v) is 8.67. The molecule has 6 heteroatoms. The molecule has 4 aromatic rings. The van der Waals surface area contributed by atoms with Gasteiger partial charge in [-0.3, -0.25) is 9.36 Å². The lowest BCUT2D eigenvalue weighted by molar-refractivity contribution is 0.188. The highest BCUT2D eigenvalue weighted by atomic mass is 16.1. The zero-order valence-corrected chi connectivity index (χ0v) is 19.0. The SMILES string of the molecule is Cc1cccc(N(CCN2CCC(n3cnc4ccccc4c3=O)CC2)c2ccccc2)n1. The highest BCUT2D eigenvalue weighted by Crippen LogP contribution is 2.25. The predicted molar refractivity (Wildman–Crippen MR) is 133 cm³/mol. The van der Waals surface area contributed by atoms with E-state index in [0.29, 0.717) is 5.39 Å². The Labute approximate surface area is 194 Å². The van der Waals surface area contributed by atoms with Crippen LogP contribution < -0.4 is 10.5 Å². The van der Waals surface area contributed by atoms with Gasteiger partial charge in [-0.25, -0.2) is 9.97 Å². The summed E-state index contributed by atoms with van der Waals surface area (Å²) >= 11 is 0. The minimum atomic E-state index is 0.0693. The van der Waals surface area contributed by atoms with Gasteiger partial charge in [-0.1, -0.05) is 36.4 Å². The van der Waals surface area contributed by atoms with Crippen LogP contribution in [0.5, 0.6) is 0 Å². The summed E-state index contributed by atoms with van der Waals surface area (Å²) in [5.74, 6) is 0.977. The predicted octanol–water partition coefficient (Wildman–Crippen LogP) is 4.58. The van der Waals surface area contributed by atoms with Gasteiger partial charge < -0.3 is 9.80 Å². The van der Waals surface area contributed by atoms with Crippen LogP contribution in [0.25, 0.3) is 10.9 Å². The van der Waals surface area contributed by atoms with E-state index in [4.69, 9.17) is 4.98 Å². The van der Waals surface area contributed by atoms with Crippen LogP contribution >= 0.6 is 0 Å². The summed E-state index contributed by atoms with van der Waals surface area (Å²) in [6.07, 6.45) is 3.63. The standard InChI is InChI=1S/C27H29N5O/c1-21-8-7-13-26(29-21)31(22-9-3-2-4-10-22)19-18-30-16-14-23(15-17-30)32-20-28-25-12-6-5-11-24(25)27(32)33/h2-13,20,23H,14-19H2,1H3. The second kappa shape index (κ2) is 9.55. The third-order valence-corrected chi connectivity index (χ3v) is 6.50. The van der Waals surface area contributed by atoms with Crippen molar-refractivity contribution in [2.45, 2.75) is 25.8 Å². The van der Waals surface area contributed by atoms with Gasteiger partial charge in [-0.05, 0) is 56.2 Å². The highest BCUT2D eigenvalue weighted by Gasteiger charge is 2.23. The van der Waals surface area contributed by atoms with Crippen LogP contribution in [0.4, 0.5) is 11.5 Å². The first kappa shape index (κ1) is 21.3. The number of para-hydroxylation sites is 2. The molecule has 1 aliphatic rings. The molecule has 1 aliphatic heterocycles. The largest absolute Gasteiger partial charge is 0.325 e. The number of aryl methyl sites for hydroxylation is 1. The normalized spacial score (nSPS) is 15.1. The van der Waals surface area contributed by atoms with E-state index in [1.54, 1.807) is 6.33 Å². The van der Waals surface area contributed by atoms with Gasteiger partial charge in [0.1, 0.15) is 5.82 Å². The molecule has 168 valence electrons. The molecule has 2 aromatic heterocycles. The van der Waals surface area contributed by atoms with E-state index >= 15 is 0 Å². The maximum absolute atomic E-state index is 13.0. The molecule has 0 bridgehead atoms. The molecule has 0 spiro atoms. The maximum atomic E-state index is 13.0. The molecule has 0 saturated carbocycles. The molecule has 0 amide bonds. The van der Waals surface area contributed by atoms with Crippen LogP contribution in [0, 0.1) is 6.92 Å². The number of hydrogen-bond donors (Lipinski definition) is 0. The Morgan fingerprint density at radius 3 is 2.48 bits per heavy atom. The third-order valence-electron chi connectivity index (χ3n) is 6.50. The number of fused-ring (bicyclic) bond motifs is 1. The van der Waals surface area contributed by atoms with E-state index in [1.165, 1.54) is 0 Å². The Hall–Kier alpha value is -3.51. The second-order valence-electron chi connectivity index (χ2n) is 8.67. The van der Waals surface area contributed by atoms with Crippen molar-refractivity contribution < 1.29 is 0 Å². The van der Waals surface area contributed by atoms with E-state index in [1.807, 2.05) is 47.9 Å². The first-order chi connectivity index (χ1) is 16.2. The van der Waals surface area contributed by atoms with Crippen LogP contribution in [-0.2, 0) is 0 Å². The van der Waals surface area contributed by atoms with Crippen molar-refractivity contribution in [2.75, 3.05) is 31.1 Å². The zero-order chi connectivity index (χ0) is 22.6. The number of aromatic nitrogens is 3. The summed E-state index contributed by atoms with van der Waals surface area (Å²) in [6, 6.07) is 24.4. The molecular weight excluding hydrogens is 410 g/mol. The van der Waals surface area contributed by atoms with Crippen LogP contribution in [0.15, 0.2) is 83.9 Å². The van der Waals surface area contributed by atoms with Crippen LogP contribution in [0.3, 0.4) is 0 Å². The fourth-order valence-electron chi connectivity index (χ4n) is 4.67. The van der Waals surface area contributed by atoms with E-state index in [-0.39, 0.29) is 11.6 Å². The van der Waals surface area contributed by atoms with Crippen molar-refractivity contribution in [3.63, 3.8) is 0 Å². The molecule has 0 aliphatic carbocycles. The van der Waals surface area contributed by atoms with Crippen LogP contribution in [0.1, 0.15) is 24.6 Å². The fraction of sp³-hybridized carbons (Fsp3) is 0.296. The van der Waals surface area contributed by atoms with E-state index in [0.717, 1.165) is 61.7 Å². The molecule has 2 aromatic carbocycles. The lowest BCUT2D eigenvalue weighted by Gasteiger charge is -2.34. The Bertz CT molecular complexity index is 1280. The van der Waals surface area contributed by atoms with Gasteiger partial charge in [0.15, 0.2) is 0 Å². The minimum Gasteiger partial charge on any atom is -0.325 e. The Balaban J connectivity index is 1.26. The zero-order valence-electron chi connectivity index (χ0n) is 19.0. The first-order valence-electron chi connectivity index (χ1n) is 11.6. The maximum Gasteiger partial charge on any atom is 0.261 e. The number of hydrogen-bond acceptors (Lipinski definition) is 5. The Morgan fingerprint density at radius 2 is 1.70 bits per heavy atom. The molecule has 0 radical (unpaired) electrons. The molecule has 1 saturated heterocycles. The number of rotatable bonds is 6. The Kier molecular flexibility index (Phi) is 6.17. The van der Waals surface area contributed by atoms with Gasteiger partial charge in [-0.2, -0.15) is 0 Å². The number of nitrogens with zero attached hydrogens (tertiary/aromatic N) is 5. The summed E-state index contributed by atoms with van der Waals surface area (Å²) in [5, 5.41) is 0.701. The molecule has 1 fully saturated rings. The van der Waals surface area contributed by atoms with E-state index in [9.17, 15) is 4.79 Å². The van der Waals surface area contributed by atoms with Gasteiger partial charge in [0.25, 0.3) is 5.56 Å². The Morgan fingerprint density at radius 1 is 0.939 bits per heavy atom. The van der Waals surface area contributed by atoms with Crippen molar-refractivity contribution in [3.05, 3.63) is 95.2 Å². The summed E-state index contributed by atoms with van der Waals surface area (Å²) < 4.78 is 1.84. The van der Waals surface area contributed by atoms with Crippen molar-refractivity contribution in [2.24, 2.45) is 0 Å². The number of likely N-dealkylation sites (tertiary alicyclic amines) is 1. The smallest absolute Gasteiger partial charge is 0.261 e. The summed E-state index contributed by atoms with van der Waals surface area (Å²) in [6.45, 7) is 5.77. The van der Waals surface area contributed by atoms with Gasteiger partial charge in [-0.15, -0.1) is 0 Å². The summed E-state index contributed by atoms with van der Waals surface area (Å²) in [4.78, 5) is 27.0. The molecule has 33 heavy (non-hydrogen) atoms. The minimum absolute atomic E-state index is 0.0693. The van der Waals surface area contributed by atoms with Crippen LogP contribution in [0.2, 0.25) is 0 Å². The van der Waals surface area contributed by atoms with Crippen molar-refractivity contribution in [1.29, 1.82) is 0 Å². The van der Waals surface area contributed by atoms with Gasteiger partial charge in [0.2, 0.25) is 0 Å². The number of piperidine rings is 1. The number of pyridine rings is 1. The van der Waals surface area contributed by atoms with Gasteiger partial charge in [0, 0.05) is 43.6 Å². The van der Waals surface area contributed by atoms with Crippen LogP contribution in [-0.4, -0.2) is 45.6 Å². The summed E-state index contributed by atoms with van der Waals surface area (Å²) in [7, 11) is 0. The molecule has 3 heterocycles. The molecule has 0 unspecified atom stereocenters. The van der Waals surface area contributed by atoms with Gasteiger partial charge in [0.05, 0.1) is 17.2 Å². The van der Waals surface area contributed by atoms with Crippen molar-refractivity contribution >= 4 is 22.4 Å². The monoisotopic (exact) mass is 439 g/mol. The fourth-order valence-corrected chi connectivity index (χ4v) is 4.67. The molecule has 0 atom stereocenters. The lowest BCUT2D eigenvalue weighted by Crippen LogP contribution is -2.41. The first-order valence-corrected chi connectivity index (χ1v) is 11.6. The average Bonchev–Trinajstić information content (AvgIpc) is 2.86. The van der Waals surface area contributed by atoms with Crippen molar-refractivity contribution in [1.82, 2.24) is 19.4 Å². The molecular formula is C27H29N5O. The molecule has 6 nitrogen and oxygen atoms in total. The number of anilines is 2. The van der Waals surface area contributed by atoms with E-state index < -0.39 is 0 Å². The van der Waals surface area contributed by atoms with Gasteiger partial charge >= 0.3 is 0 Å². The highest BCUT2D eigenvalue weighted by molar-refractivity contribution is 5.76. The van der Waals surface area contributed by atoms with Crippen molar-refractivity contribution in [3.8, 4) is 0 Å². The van der Waals surface area contributed by atoms with E-state index in [2.05, 4.69) is 51.2 Å². The average molecular weight is 440 g/mol. The summed E-state index contributed by atoms with van der Waals surface area (Å²) in [5.41, 5.74) is 3.00. The quantitative estimate of drug-likeness (QED) is 0.440. The topological polar surface area (TPSA) is 54.3 Å². The molecule has 5 rings (SSSR count). The molecule has 0 N–H and O–H groups in total. The third kappa shape index (κ3) is 4.66. The number of benzene rings is 2. The lowest BCUT2D eigenvalue weighted by atomic mass is 10.0.